The van der Waals surface area contributed by atoms with Gasteiger partial charge in [-0.25, -0.2) is 0 Å². The van der Waals surface area contributed by atoms with Crippen molar-refractivity contribution in [3.8, 4) is 0 Å². The fraction of sp³-hybridized carbons (Fsp3) is 0.817. The van der Waals surface area contributed by atoms with Crippen LogP contribution in [-0.2, 0) is 28.6 Å². The summed E-state index contributed by atoms with van der Waals surface area (Å²) in [7, 11) is 0. The number of carbonyl (C=O) groups excluding carboxylic acids is 3. The van der Waals surface area contributed by atoms with E-state index in [-0.39, 0.29) is 31.1 Å². The molecule has 0 N–H and O–H groups in total. The number of rotatable bonds is 62. The van der Waals surface area contributed by atoms with Gasteiger partial charge in [-0.2, -0.15) is 0 Å². The third-order valence-corrected chi connectivity index (χ3v) is 15.0. The van der Waals surface area contributed by atoms with E-state index in [2.05, 4.69) is 81.5 Å². The van der Waals surface area contributed by atoms with E-state index < -0.39 is 6.10 Å². The van der Waals surface area contributed by atoms with E-state index in [1.807, 2.05) is 0 Å². The van der Waals surface area contributed by atoms with Crippen molar-refractivity contribution in [1.82, 2.24) is 0 Å². The van der Waals surface area contributed by atoms with Gasteiger partial charge >= 0.3 is 17.9 Å². The molecule has 0 saturated carbocycles. The maximum absolute atomic E-state index is 12.9. The van der Waals surface area contributed by atoms with Gasteiger partial charge in [0.05, 0.1) is 0 Å². The molecule has 0 aliphatic carbocycles. The highest BCUT2D eigenvalue weighted by atomic mass is 16.6. The van der Waals surface area contributed by atoms with Crippen LogP contribution in [0.5, 0.6) is 0 Å². The number of unbranched alkanes of at least 4 members (excludes halogenated alkanes) is 41. The first kappa shape index (κ1) is 74.1. The Hall–Kier alpha value is -2.89. The summed E-state index contributed by atoms with van der Waals surface area (Å²) in [6.45, 7) is 6.60. The molecule has 1 atom stereocenters. The van der Waals surface area contributed by atoms with Gasteiger partial charge in [-0.3, -0.25) is 14.4 Å². The largest absolute Gasteiger partial charge is 0.462 e. The second kappa shape index (κ2) is 65.6. The minimum absolute atomic E-state index is 0.0812. The molecule has 77 heavy (non-hydrogen) atoms. The van der Waals surface area contributed by atoms with Crippen LogP contribution in [0.1, 0.15) is 355 Å². The van der Waals surface area contributed by atoms with Crippen LogP contribution in [0, 0.1) is 0 Å². The monoisotopic (exact) mass is 1080 g/mol. The predicted molar refractivity (Wildman–Crippen MR) is 335 cm³/mol. The van der Waals surface area contributed by atoms with Crippen LogP contribution in [0.4, 0.5) is 0 Å². The van der Waals surface area contributed by atoms with Crippen molar-refractivity contribution in [2.45, 2.75) is 361 Å². The van der Waals surface area contributed by atoms with Crippen molar-refractivity contribution in [2.75, 3.05) is 13.2 Å². The molecule has 0 fully saturated rings. The highest BCUT2D eigenvalue weighted by Gasteiger charge is 2.19. The molecule has 0 amide bonds. The third-order valence-electron chi connectivity index (χ3n) is 15.0. The normalized spacial score (nSPS) is 12.4. The molecule has 0 spiro atoms. The molecule has 0 aromatic heterocycles. The second-order valence-corrected chi connectivity index (χ2v) is 22.7. The number of allylic oxidation sites excluding steroid dienone is 10. The molecule has 6 heteroatoms. The lowest BCUT2D eigenvalue weighted by Crippen LogP contribution is -2.30. The zero-order valence-electron chi connectivity index (χ0n) is 51.5. The summed E-state index contributed by atoms with van der Waals surface area (Å²) >= 11 is 0. The zero-order valence-corrected chi connectivity index (χ0v) is 51.5. The fourth-order valence-corrected chi connectivity index (χ4v) is 9.90. The number of ether oxygens (including phenoxy) is 3. The Morgan fingerprint density at radius 3 is 0.779 bits per heavy atom. The SMILES string of the molecule is CCC/C=C\C/C=C\CCCCCCCC(=O)OCC(COC(=O)CCCCCCCCCCCCCCCCCCCCCCCCCCC)OC(=O)CCCCCCCC/C=C\C/C=C\C/C=C\CCCCCCC. The second-order valence-electron chi connectivity index (χ2n) is 22.7. The zero-order chi connectivity index (χ0) is 55.7. The van der Waals surface area contributed by atoms with Crippen LogP contribution in [-0.4, -0.2) is 37.2 Å². The van der Waals surface area contributed by atoms with E-state index >= 15 is 0 Å². The molecule has 0 rings (SSSR count). The summed E-state index contributed by atoms with van der Waals surface area (Å²) in [6, 6.07) is 0. The minimum atomic E-state index is -0.787. The highest BCUT2D eigenvalue weighted by Crippen LogP contribution is 2.18. The molecule has 0 aliphatic heterocycles. The highest BCUT2D eigenvalue weighted by molar-refractivity contribution is 5.71. The number of hydrogen-bond donors (Lipinski definition) is 0. The molecule has 0 heterocycles. The molecule has 0 radical (unpaired) electrons. The number of hydrogen-bond acceptors (Lipinski definition) is 6. The summed E-state index contributed by atoms with van der Waals surface area (Å²) in [5.41, 5.74) is 0. The molecule has 0 saturated heterocycles. The first-order valence-corrected chi connectivity index (χ1v) is 33.8. The molecule has 448 valence electrons. The minimum Gasteiger partial charge on any atom is -0.462 e. The van der Waals surface area contributed by atoms with Crippen LogP contribution in [0.15, 0.2) is 60.8 Å². The Morgan fingerprint density at radius 1 is 0.260 bits per heavy atom. The van der Waals surface area contributed by atoms with Gasteiger partial charge in [-0.05, 0) is 83.5 Å². The van der Waals surface area contributed by atoms with Crippen molar-refractivity contribution >= 4 is 17.9 Å². The summed E-state index contributed by atoms with van der Waals surface area (Å²) in [5.74, 6) is -0.889. The quantitative estimate of drug-likeness (QED) is 0.0261. The summed E-state index contributed by atoms with van der Waals surface area (Å²) in [6.07, 6.45) is 83.9. The Balaban J connectivity index is 4.28. The standard InChI is InChI=1S/C71H128O6/c1-4-7-10-13-16-19-22-25-27-29-31-33-34-35-36-38-39-41-43-46-49-52-55-58-61-64-70(73)76-67-68(66-75-69(72)63-60-57-54-51-48-45-24-21-18-15-12-9-6-3)77-71(74)65-62-59-56-53-50-47-44-42-40-37-32-30-28-26-23-20-17-14-11-8-5-2/h12,15,21,23-24,26,30,32,40,42,68H,4-11,13-14,16-20,22,25,27-29,31,33-39,41,43-67H2,1-3H3/b15-12-,24-21-,26-23-,32-30-,42-40-. The number of esters is 3. The summed E-state index contributed by atoms with van der Waals surface area (Å²) in [5, 5.41) is 0. The van der Waals surface area contributed by atoms with Crippen LogP contribution in [0.25, 0.3) is 0 Å². The summed E-state index contributed by atoms with van der Waals surface area (Å²) in [4.78, 5) is 38.3. The van der Waals surface area contributed by atoms with E-state index in [9.17, 15) is 14.4 Å². The first-order chi connectivity index (χ1) is 38.0. The van der Waals surface area contributed by atoms with Gasteiger partial charge in [-0.1, -0.05) is 313 Å². The molecule has 0 aromatic carbocycles. The molecular weight excluding hydrogens is 949 g/mol. The average molecular weight is 1080 g/mol. The predicted octanol–water partition coefficient (Wildman–Crippen LogP) is 23.1. The van der Waals surface area contributed by atoms with Crippen molar-refractivity contribution in [2.24, 2.45) is 0 Å². The van der Waals surface area contributed by atoms with Gasteiger partial charge < -0.3 is 14.2 Å². The Bertz CT molecular complexity index is 1380. The molecule has 6 nitrogen and oxygen atoms in total. The smallest absolute Gasteiger partial charge is 0.306 e. The maximum atomic E-state index is 12.9. The maximum Gasteiger partial charge on any atom is 0.306 e. The van der Waals surface area contributed by atoms with E-state index in [1.54, 1.807) is 0 Å². The van der Waals surface area contributed by atoms with Gasteiger partial charge in [0.1, 0.15) is 13.2 Å². The van der Waals surface area contributed by atoms with Crippen LogP contribution < -0.4 is 0 Å². The average Bonchev–Trinajstić information content (AvgIpc) is 3.43. The van der Waals surface area contributed by atoms with Crippen LogP contribution >= 0.6 is 0 Å². The number of carbonyl (C=O) groups is 3. The van der Waals surface area contributed by atoms with E-state index in [0.29, 0.717) is 19.3 Å². The van der Waals surface area contributed by atoms with Crippen LogP contribution in [0.2, 0.25) is 0 Å². The van der Waals surface area contributed by atoms with E-state index in [4.69, 9.17) is 14.2 Å². The Labute approximate surface area is 479 Å². The van der Waals surface area contributed by atoms with Gasteiger partial charge in [0, 0.05) is 19.3 Å². The topological polar surface area (TPSA) is 78.9 Å². The van der Waals surface area contributed by atoms with E-state index in [0.717, 1.165) is 109 Å². The molecule has 0 bridgehead atoms. The molecule has 0 aliphatic rings. The lowest BCUT2D eigenvalue weighted by atomic mass is 10.0. The van der Waals surface area contributed by atoms with Crippen molar-refractivity contribution < 1.29 is 28.6 Å². The molecule has 0 aromatic rings. The summed E-state index contributed by atoms with van der Waals surface area (Å²) < 4.78 is 16.9. The lowest BCUT2D eigenvalue weighted by molar-refractivity contribution is -0.167. The Kier molecular flexibility index (Phi) is 63.2. The van der Waals surface area contributed by atoms with Crippen molar-refractivity contribution in [3.63, 3.8) is 0 Å². The van der Waals surface area contributed by atoms with Crippen molar-refractivity contribution in [1.29, 1.82) is 0 Å². The molecular formula is C71H128O6. The lowest BCUT2D eigenvalue weighted by Gasteiger charge is -2.18. The first-order valence-electron chi connectivity index (χ1n) is 33.8. The third kappa shape index (κ3) is 63.8. The van der Waals surface area contributed by atoms with Gasteiger partial charge in [0.25, 0.3) is 0 Å². The Morgan fingerprint density at radius 2 is 0.494 bits per heavy atom. The van der Waals surface area contributed by atoms with Gasteiger partial charge in [0.2, 0.25) is 0 Å². The van der Waals surface area contributed by atoms with Gasteiger partial charge in [0.15, 0.2) is 6.10 Å². The molecule has 1 unspecified atom stereocenters. The van der Waals surface area contributed by atoms with E-state index in [1.165, 1.54) is 205 Å². The van der Waals surface area contributed by atoms with Crippen molar-refractivity contribution in [3.05, 3.63) is 60.8 Å². The fourth-order valence-electron chi connectivity index (χ4n) is 9.90. The van der Waals surface area contributed by atoms with Gasteiger partial charge in [-0.15, -0.1) is 0 Å². The van der Waals surface area contributed by atoms with Crippen LogP contribution in [0.3, 0.4) is 0 Å².